The summed E-state index contributed by atoms with van der Waals surface area (Å²) in [5.41, 5.74) is 5.72. The van der Waals surface area contributed by atoms with Gasteiger partial charge >= 0.3 is 0 Å². The summed E-state index contributed by atoms with van der Waals surface area (Å²) in [5.74, 6) is 0.208. The van der Waals surface area contributed by atoms with Crippen molar-refractivity contribution in [1.29, 1.82) is 0 Å². The highest BCUT2D eigenvalue weighted by molar-refractivity contribution is 6.30. The Balaban J connectivity index is 1.53. The fourth-order valence-electron chi connectivity index (χ4n) is 2.71. The van der Waals surface area contributed by atoms with E-state index in [0.29, 0.717) is 22.1 Å². The normalized spacial score (nSPS) is 14.1. The Kier molecular flexibility index (Phi) is 5.04. The van der Waals surface area contributed by atoms with Crippen LogP contribution in [0.5, 0.6) is 11.5 Å². The van der Waals surface area contributed by atoms with Crippen molar-refractivity contribution in [2.24, 2.45) is 0 Å². The minimum atomic E-state index is -0.491. The van der Waals surface area contributed by atoms with Crippen LogP contribution in [-0.4, -0.2) is 24.0 Å². The molecule has 1 aliphatic rings. The third-order valence-corrected chi connectivity index (χ3v) is 4.05. The molecule has 0 radical (unpaired) electrons. The van der Waals surface area contributed by atoms with Crippen LogP contribution in [0.1, 0.15) is 29.8 Å². The number of benzene rings is 2. The highest BCUT2D eigenvalue weighted by Crippen LogP contribution is 2.41. The van der Waals surface area contributed by atoms with E-state index in [4.69, 9.17) is 21.1 Å². The zero-order valence-corrected chi connectivity index (χ0v) is 15.2. The van der Waals surface area contributed by atoms with Gasteiger partial charge in [-0.15, -0.1) is 0 Å². The molecule has 6 nitrogen and oxygen atoms in total. The first-order valence-corrected chi connectivity index (χ1v) is 8.50. The summed E-state index contributed by atoms with van der Waals surface area (Å²) in [6, 6.07) is 12.0. The number of fused-ring (bicyclic) bond motifs is 1. The lowest BCUT2D eigenvalue weighted by Crippen LogP contribution is -2.43. The molecule has 2 N–H and O–H groups in total. The molecule has 0 saturated heterocycles. The van der Waals surface area contributed by atoms with Crippen LogP contribution in [0.3, 0.4) is 0 Å². The maximum atomic E-state index is 12.0. The van der Waals surface area contributed by atoms with Gasteiger partial charge in [0.15, 0.2) is 18.1 Å². The predicted molar refractivity (Wildman–Crippen MR) is 97.4 cm³/mol. The topological polar surface area (TPSA) is 76.7 Å². The van der Waals surface area contributed by atoms with Gasteiger partial charge in [0.2, 0.25) is 0 Å². The largest absolute Gasteiger partial charge is 0.483 e. The molecule has 0 aliphatic carbocycles. The summed E-state index contributed by atoms with van der Waals surface area (Å²) in [4.78, 5) is 23.9. The van der Waals surface area contributed by atoms with Crippen LogP contribution in [0.2, 0.25) is 5.02 Å². The molecular formula is C19H19ClN2O4. The van der Waals surface area contributed by atoms with Crippen LogP contribution in [-0.2, 0) is 11.2 Å². The monoisotopic (exact) mass is 374 g/mol. The van der Waals surface area contributed by atoms with Crippen molar-refractivity contribution in [3.05, 3.63) is 58.6 Å². The first-order chi connectivity index (χ1) is 12.3. The Morgan fingerprint density at radius 2 is 1.96 bits per heavy atom. The number of carbonyl (C=O) groups excluding carboxylic acids is 2. The summed E-state index contributed by atoms with van der Waals surface area (Å²) in [6.45, 7) is 3.74. The summed E-state index contributed by atoms with van der Waals surface area (Å²) >= 11 is 5.84. The number of para-hydroxylation sites is 1. The number of amides is 2. The van der Waals surface area contributed by atoms with Crippen molar-refractivity contribution in [2.45, 2.75) is 25.9 Å². The van der Waals surface area contributed by atoms with E-state index in [-0.39, 0.29) is 12.2 Å². The highest BCUT2D eigenvalue weighted by Gasteiger charge is 2.32. The third-order valence-electron chi connectivity index (χ3n) is 3.82. The number of halogens is 1. The molecule has 0 fully saturated rings. The van der Waals surface area contributed by atoms with Gasteiger partial charge in [-0.1, -0.05) is 29.8 Å². The molecule has 0 aromatic heterocycles. The number of carbonyl (C=O) groups is 2. The smallest absolute Gasteiger partial charge is 0.276 e. The number of rotatable bonds is 4. The quantitative estimate of drug-likeness (QED) is 0.807. The van der Waals surface area contributed by atoms with E-state index in [0.717, 1.165) is 12.0 Å². The van der Waals surface area contributed by atoms with Crippen LogP contribution in [0, 0.1) is 0 Å². The molecule has 1 heterocycles. The van der Waals surface area contributed by atoms with Crippen molar-refractivity contribution in [1.82, 2.24) is 10.9 Å². The Morgan fingerprint density at radius 3 is 2.73 bits per heavy atom. The van der Waals surface area contributed by atoms with E-state index in [1.54, 1.807) is 24.3 Å². The first-order valence-electron chi connectivity index (χ1n) is 8.12. The minimum Gasteiger partial charge on any atom is -0.483 e. The van der Waals surface area contributed by atoms with Crippen LogP contribution < -0.4 is 20.3 Å². The number of nitrogens with one attached hydrogen (secondary N) is 2. The van der Waals surface area contributed by atoms with E-state index in [2.05, 4.69) is 10.9 Å². The molecule has 0 spiro atoms. The van der Waals surface area contributed by atoms with Crippen molar-refractivity contribution in [3.8, 4) is 11.5 Å². The number of ether oxygens (including phenoxy) is 2. The van der Waals surface area contributed by atoms with E-state index in [9.17, 15) is 9.59 Å². The van der Waals surface area contributed by atoms with Crippen LogP contribution in [0.15, 0.2) is 42.5 Å². The van der Waals surface area contributed by atoms with E-state index in [1.165, 1.54) is 6.07 Å². The molecular weight excluding hydrogens is 356 g/mol. The van der Waals surface area contributed by atoms with Gasteiger partial charge in [-0.25, -0.2) is 0 Å². The van der Waals surface area contributed by atoms with Gasteiger partial charge in [0.1, 0.15) is 5.60 Å². The summed E-state index contributed by atoms with van der Waals surface area (Å²) in [7, 11) is 0. The molecule has 0 bridgehead atoms. The van der Waals surface area contributed by atoms with Crippen LogP contribution in [0.4, 0.5) is 0 Å². The second-order valence-corrected chi connectivity index (χ2v) is 7.02. The SMILES string of the molecule is CC1(C)Cc2cccc(OCC(=O)NNC(=O)c3cccc(Cl)c3)c2O1. The lowest BCUT2D eigenvalue weighted by atomic mass is 10.0. The average Bonchev–Trinajstić information content (AvgIpc) is 2.92. The van der Waals surface area contributed by atoms with Gasteiger partial charge in [0.25, 0.3) is 11.8 Å². The summed E-state index contributed by atoms with van der Waals surface area (Å²) < 4.78 is 11.4. The summed E-state index contributed by atoms with van der Waals surface area (Å²) in [6.07, 6.45) is 0.779. The first kappa shape index (κ1) is 18.1. The van der Waals surface area contributed by atoms with Gasteiger partial charge in [-0.3, -0.25) is 20.4 Å². The van der Waals surface area contributed by atoms with Crippen LogP contribution >= 0.6 is 11.6 Å². The minimum absolute atomic E-state index is 0.254. The molecule has 3 rings (SSSR count). The molecule has 2 aromatic rings. The molecule has 7 heteroatoms. The number of hydrazine groups is 1. The molecule has 0 saturated carbocycles. The molecule has 1 aliphatic heterocycles. The zero-order chi connectivity index (χ0) is 18.7. The van der Waals surface area contributed by atoms with Gasteiger partial charge in [-0.2, -0.15) is 0 Å². The molecule has 136 valence electrons. The number of hydrogen-bond acceptors (Lipinski definition) is 4. The number of hydrogen-bond donors (Lipinski definition) is 2. The van der Waals surface area contributed by atoms with Gasteiger partial charge in [0, 0.05) is 22.6 Å². The zero-order valence-electron chi connectivity index (χ0n) is 14.5. The lowest BCUT2D eigenvalue weighted by molar-refractivity contribution is -0.123. The Morgan fingerprint density at radius 1 is 1.19 bits per heavy atom. The van der Waals surface area contributed by atoms with Crippen molar-refractivity contribution < 1.29 is 19.1 Å². The van der Waals surface area contributed by atoms with Gasteiger partial charge in [-0.05, 0) is 38.1 Å². The van der Waals surface area contributed by atoms with Crippen molar-refractivity contribution >= 4 is 23.4 Å². The lowest BCUT2D eigenvalue weighted by Gasteiger charge is -2.18. The third kappa shape index (κ3) is 4.26. The van der Waals surface area contributed by atoms with Crippen LogP contribution in [0.25, 0.3) is 0 Å². The van der Waals surface area contributed by atoms with E-state index < -0.39 is 11.8 Å². The standard InChI is InChI=1S/C19H19ClN2O4/c1-19(2)10-13-6-4-8-15(17(13)26-19)25-11-16(23)21-22-18(24)12-5-3-7-14(20)9-12/h3-9H,10-11H2,1-2H3,(H,21,23)(H,22,24). The Bertz CT molecular complexity index is 851. The van der Waals surface area contributed by atoms with Crippen molar-refractivity contribution in [2.75, 3.05) is 6.61 Å². The molecule has 2 aromatic carbocycles. The molecule has 0 atom stereocenters. The van der Waals surface area contributed by atoms with E-state index >= 15 is 0 Å². The van der Waals surface area contributed by atoms with Gasteiger partial charge < -0.3 is 9.47 Å². The fourth-order valence-corrected chi connectivity index (χ4v) is 2.90. The predicted octanol–water partition coefficient (Wildman–Crippen LogP) is 2.89. The molecule has 2 amide bonds. The highest BCUT2D eigenvalue weighted by atomic mass is 35.5. The second kappa shape index (κ2) is 7.25. The summed E-state index contributed by atoms with van der Waals surface area (Å²) in [5, 5.41) is 0.438. The maximum absolute atomic E-state index is 12.0. The molecule has 26 heavy (non-hydrogen) atoms. The Labute approximate surface area is 156 Å². The molecule has 0 unspecified atom stereocenters. The van der Waals surface area contributed by atoms with Crippen molar-refractivity contribution in [3.63, 3.8) is 0 Å². The van der Waals surface area contributed by atoms with E-state index in [1.807, 2.05) is 26.0 Å². The average molecular weight is 375 g/mol. The second-order valence-electron chi connectivity index (χ2n) is 6.58. The fraction of sp³-hybridized carbons (Fsp3) is 0.263. The van der Waals surface area contributed by atoms with Gasteiger partial charge in [0.05, 0.1) is 0 Å². The Hall–Kier alpha value is -2.73. The maximum Gasteiger partial charge on any atom is 0.276 e.